The second kappa shape index (κ2) is 13.5. The van der Waals surface area contributed by atoms with Crippen LogP contribution in [0.3, 0.4) is 0 Å². The van der Waals surface area contributed by atoms with E-state index in [9.17, 15) is 9.59 Å². The molecule has 0 saturated carbocycles. The van der Waals surface area contributed by atoms with E-state index in [2.05, 4.69) is 20.5 Å². The van der Waals surface area contributed by atoms with E-state index >= 15 is 0 Å². The van der Waals surface area contributed by atoms with Gasteiger partial charge >= 0.3 is 0 Å². The number of nitrogen functional groups attached to an aromatic ring is 1. The highest BCUT2D eigenvalue weighted by molar-refractivity contribution is 7.18. The molecule has 0 atom stereocenters. The lowest BCUT2D eigenvalue weighted by Gasteiger charge is -2.26. The maximum Gasteiger partial charge on any atom is 0.272 e. The second-order valence-corrected chi connectivity index (χ2v) is 11.8. The molecule has 1 aliphatic heterocycles. The molecule has 3 aromatic heterocycles. The number of fused-ring (bicyclic) bond motifs is 2. The van der Waals surface area contributed by atoms with Gasteiger partial charge in [-0.15, -0.1) is 11.3 Å². The van der Waals surface area contributed by atoms with E-state index in [0.717, 1.165) is 76.9 Å². The van der Waals surface area contributed by atoms with Crippen molar-refractivity contribution in [3.63, 3.8) is 0 Å². The molecule has 6 rings (SSSR count). The van der Waals surface area contributed by atoms with Crippen molar-refractivity contribution in [1.29, 1.82) is 0 Å². The molecule has 0 radical (unpaired) electrons. The first kappa shape index (κ1) is 30.3. The number of nitrogens with zero attached hydrogens (tertiary/aromatic N) is 3. The maximum atomic E-state index is 13.2. The molecule has 0 bridgehead atoms. The van der Waals surface area contributed by atoms with Crippen molar-refractivity contribution in [2.24, 2.45) is 7.05 Å². The molecular formula is C34H36N6O4S. The summed E-state index contributed by atoms with van der Waals surface area (Å²) in [6.07, 6.45) is 5.89. The third kappa shape index (κ3) is 6.56. The molecule has 4 N–H and O–H groups in total. The number of pyridine rings is 1. The molecule has 232 valence electrons. The van der Waals surface area contributed by atoms with Crippen molar-refractivity contribution >= 4 is 61.7 Å². The van der Waals surface area contributed by atoms with Gasteiger partial charge in [0.05, 0.1) is 26.0 Å². The van der Waals surface area contributed by atoms with Gasteiger partial charge in [-0.05, 0) is 54.3 Å². The van der Waals surface area contributed by atoms with Gasteiger partial charge in [0.25, 0.3) is 5.91 Å². The summed E-state index contributed by atoms with van der Waals surface area (Å²) < 4.78 is 13.9. The standard InChI is InChI=1S/C34H36N6O4S/c1-39-27-7-4-3-6-23(27)18-28(39)34(42)38-26-10-8-22(19-29(26)43-2)25-21-45-32-24(20-37-33(35)31(25)32)9-11-30(41)36-12-5-13-40-14-16-44-17-15-40/h3-4,6-11,18-21H,5,12-17H2,1-2H3,(H2,35,37)(H,36,41)(H,38,42)/b11-9+. The highest BCUT2D eigenvalue weighted by Gasteiger charge is 2.18. The van der Waals surface area contributed by atoms with Crippen LogP contribution in [-0.4, -0.2) is 72.8 Å². The summed E-state index contributed by atoms with van der Waals surface area (Å²) in [5, 5.41) is 9.79. The van der Waals surface area contributed by atoms with Gasteiger partial charge in [-0.2, -0.15) is 0 Å². The predicted octanol–water partition coefficient (Wildman–Crippen LogP) is 5.15. The van der Waals surface area contributed by atoms with Gasteiger partial charge in [0.1, 0.15) is 17.3 Å². The summed E-state index contributed by atoms with van der Waals surface area (Å²) in [4.78, 5) is 32.5. The first-order valence-electron chi connectivity index (χ1n) is 14.9. The third-order valence-corrected chi connectivity index (χ3v) is 9.09. The van der Waals surface area contributed by atoms with Gasteiger partial charge < -0.3 is 30.4 Å². The maximum absolute atomic E-state index is 13.2. The normalized spacial score (nSPS) is 13.9. The highest BCUT2D eigenvalue weighted by atomic mass is 32.1. The number of carbonyl (C=O) groups excluding carboxylic acids is 2. The number of hydrogen-bond acceptors (Lipinski definition) is 8. The van der Waals surface area contributed by atoms with Crippen LogP contribution in [-0.2, 0) is 16.6 Å². The fraction of sp³-hybridized carbons (Fsp3) is 0.265. The number of aromatic nitrogens is 2. The minimum atomic E-state index is -0.230. The number of rotatable bonds is 10. The average Bonchev–Trinajstić information content (AvgIpc) is 3.66. The van der Waals surface area contributed by atoms with Gasteiger partial charge in [0.2, 0.25) is 5.91 Å². The number of nitrogens with one attached hydrogen (secondary N) is 2. The molecule has 11 heteroatoms. The Hall–Kier alpha value is -4.71. The van der Waals surface area contributed by atoms with E-state index in [1.165, 1.54) is 17.4 Å². The number of amides is 2. The van der Waals surface area contributed by atoms with Crippen molar-refractivity contribution in [1.82, 2.24) is 19.8 Å². The zero-order valence-electron chi connectivity index (χ0n) is 25.3. The van der Waals surface area contributed by atoms with E-state index in [-0.39, 0.29) is 11.8 Å². The molecular weight excluding hydrogens is 588 g/mol. The SMILES string of the molecule is COc1cc(-c2csc3c(/C=C/C(=O)NCCCN4CCOCC4)cnc(N)c23)ccc1NC(=O)c1cc2ccccc2n1C. The molecule has 4 heterocycles. The van der Waals surface area contributed by atoms with Crippen molar-refractivity contribution in [2.45, 2.75) is 6.42 Å². The van der Waals surface area contributed by atoms with Crippen LogP contribution in [0.4, 0.5) is 11.5 Å². The molecule has 0 aliphatic carbocycles. The molecule has 2 aromatic carbocycles. The number of hydrogen-bond donors (Lipinski definition) is 3. The molecule has 1 saturated heterocycles. The van der Waals surface area contributed by atoms with E-state index in [1.54, 1.807) is 19.4 Å². The topological polar surface area (TPSA) is 124 Å². The summed E-state index contributed by atoms with van der Waals surface area (Å²) in [5.74, 6) is 0.543. The Morgan fingerprint density at radius 1 is 1.16 bits per heavy atom. The zero-order chi connectivity index (χ0) is 31.3. The minimum absolute atomic E-state index is 0.149. The molecule has 10 nitrogen and oxygen atoms in total. The van der Waals surface area contributed by atoms with Crippen molar-refractivity contribution < 1.29 is 19.1 Å². The summed E-state index contributed by atoms with van der Waals surface area (Å²) in [6.45, 7) is 4.97. The number of aryl methyl sites for hydroxylation is 1. The van der Waals surface area contributed by atoms with Crippen molar-refractivity contribution in [3.8, 4) is 16.9 Å². The summed E-state index contributed by atoms with van der Waals surface area (Å²) in [6, 6.07) is 15.4. The first-order chi connectivity index (χ1) is 21.9. The minimum Gasteiger partial charge on any atom is -0.495 e. The zero-order valence-corrected chi connectivity index (χ0v) is 26.2. The summed E-state index contributed by atoms with van der Waals surface area (Å²) in [5.41, 5.74) is 11.0. The van der Waals surface area contributed by atoms with E-state index < -0.39 is 0 Å². The number of nitrogens with two attached hydrogens (primary N) is 1. The van der Waals surface area contributed by atoms with Crippen LogP contribution in [0.25, 0.3) is 38.2 Å². The molecule has 1 aliphatic rings. The lowest BCUT2D eigenvalue weighted by molar-refractivity contribution is -0.116. The molecule has 5 aromatic rings. The molecule has 0 unspecified atom stereocenters. The second-order valence-electron chi connectivity index (χ2n) is 10.9. The Morgan fingerprint density at radius 2 is 1.98 bits per heavy atom. The van der Waals surface area contributed by atoms with E-state index in [1.807, 2.05) is 65.5 Å². The number of thiophene rings is 1. The Labute approximate surface area is 265 Å². The van der Waals surface area contributed by atoms with Gasteiger partial charge in [-0.3, -0.25) is 14.5 Å². The quantitative estimate of drug-likeness (QED) is 0.145. The lowest BCUT2D eigenvalue weighted by Crippen LogP contribution is -2.38. The van der Waals surface area contributed by atoms with Crippen LogP contribution in [0.2, 0.25) is 0 Å². The van der Waals surface area contributed by atoms with Crippen molar-refractivity contribution in [2.75, 3.05) is 57.6 Å². The number of morpholine rings is 1. The van der Waals surface area contributed by atoms with Gasteiger partial charge in [0.15, 0.2) is 0 Å². The smallest absolute Gasteiger partial charge is 0.272 e. The molecule has 1 fully saturated rings. The number of methoxy groups -OCH3 is 1. The number of anilines is 2. The van der Waals surface area contributed by atoms with Crippen LogP contribution in [0, 0.1) is 0 Å². The average molecular weight is 625 g/mol. The fourth-order valence-electron chi connectivity index (χ4n) is 5.64. The fourth-order valence-corrected chi connectivity index (χ4v) is 6.72. The van der Waals surface area contributed by atoms with Crippen LogP contribution in [0.1, 0.15) is 22.5 Å². The summed E-state index contributed by atoms with van der Waals surface area (Å²) in [7, 11) is 3.45. The first-order valence-corrected chi connectivity index (χ1v) is 15.8. The monoisotopic (exact) mass is 624 g/mol. The Kier molecular flexibility index (Phi) is 9.11. The van der Waals surface area contributed by atoms with Gasteiger partial charge in [0, 0.05) is 71.1 Å². The van der Waals surface area contributed by atoms with Gasteiger partial charge in [-0.25, -0.2) is 4.98 Å². The molecule has 2 amide bonds. The number of carbonyl (C=O) groups is 2. The Morgan fingerprint density at radius 3 is 2.78 bits per heavy atom. The van der Waals surface area contributed by atoms with E-state index in [0.29, 0.717) is 29.5 Å². The lowest BCUT2D eigenvalue weighted by atomic mass is 10.0. The predicted molar refractivity (Wildman–Crippen MR) is 181 cm³/mol. The van der Waals surface area contributed by atoms with Crippen LogP contribution >= 0.6 is 11.3 Å². The molecule has 0 spiro atoms. The van der Waals surface area contributed by atoms with E-state index in [4.69, 9.17) is 15.2 Å². The Balaban J connectivity index is 1.17. The largest absolute Gasteiger partial charge is 0.495 e. The summed E-state index contributed by atoms with van der Waals surface area (Å²) >= 11 is 1.54. The van der Waals surface area contributed by atoms with Crippen LogP contribution in [0.5, 0.6) is 5.75 Å². The number of benzene rings is 2. The van der Waals surface area contributed by atoms with Crippen LogP contribution in [0.15, 0.2) is 66.2 Å². The highest BCUT2D eigenvalue weighted by Crippen LogP contribution is 2.41. The number of ether oxygens (including phenoxy) is 2. The third-order valence-electron chi connectivity index (χ3n) is 8.07. The Bertz CT molecular complexity index is 1890. The van der Waals surface area contributed by atoms with Gasteiger partial charge in [-0.1, -0.05) is 24.3 Å². The number of para-hydroxylation sites is 1. The molecule has 45 heavy (non-hydrogen) atoms. The van der Waals surface area contributed by atoms with Crippen molar-refractivity contribution in [3.05, 3.63) is 77.4 Å². The van der Waals surface area contributed by atoms with Crippen LogP contribution < -0.4 is 21.1 Å².